The van der Waals surface area contributed by atoms with Gasteiger partial charge in [0.1, 0.15) is 5.82 Å². The maximum Gasteiger partial charge on any atom is 0.231 e. The number of nitrogens with zero attached hydrogens (tertiary/aromatic N) is 6. The van der Waals surface area contributed by atoms with Crippen LogP contribution in [0.15, 0.2) is 61.2 Å². The van der Waals surface area contributed by atoms with Crippen LogP contribution in [-0.2, 0) is 28.2 Å². The minimum atomic E-state index is -0.961. The number of aromatic amines is 1. The van der Waals surface area contributed by atoms with Crippen LogP contribution in [0.1, 0.15) is 37.0 Å². The zero-order valence-electron chi connectivity index (χ0n) is 19.7. The summed E-state index contributed by atoms with van der Waals surface area (Å²) >= 11 is 0. The summed E-state index contributed by atoms with van der Waals surface area (Å²) in [6, 6.07) is 16.4. The molecule has 4 aromatic rings. The predicted molar refractivity (Wildman–Crippen MR) is 129 cm³/mol. The lowest BCUT2D eigenvalue weighted by atomic mass is 9.98. The van der Waals surface area contributed by atoms with Gasteiger partial charge in [-0.05, 0) is 33.5 Å². The number of aryl methyl sites for hydroxylation is 1. The average Bonchev–Trinajstić information content (AvgIpc) is 3.56. The Hall–Kier alpha value is -3.69. The van der Waals surface area contributed by atoms with Crippen LogP contribution in [0.4, 0.5) is 0 Å². The number of hydrogen-bond donors (Lipinski definition) is 1. The van der Waals surface area contributed by atoms with Gasteiger partial charge in [0.2, 0.25) is 11.6 Å². The molecule has 0 aliphatic heterocycles. The van der Waals surface area contributed by atoms with E-state index in [9.17, 15) is 0 Å². The second-order valence-corrected chi connectivity index (χ2v) is 7.84. The van der Waals surface area contributed by atoms with E-state index in [2.05, 4.69) is 57.5 Å². The van der Waals surface area contributed by atoms with Crippen molar-refractivity contribution in [3.05, 3.63) is 78.4 Å². The minimum Gasteiger partial charge on any atom is -0.347 e. The quantitative estimate of drug-likeness (QED) is 0.265. The molecule has 9 nitrogen and oxygen atoms in total. The first kappa shape index (κ1) is 23.5. The van der Waals surface area contributed by atoms with E-state index >= 15 is 0 Å². The van der Waals surface area contributed by atoms with Crippen LogP contribution in [-0.4, -0.2) is 49.6 Å². The highest BCUT2D eigenvalue weighted by molar-refractivity contribution is 5.80. The number of rotatable bonds is 11. The molecule has 0 saturated heterocycles. The summed E-state index contributed by atoms with van der Waals surface area (Å²) in [5.74, 6) is 1.08. The van der Waals surface area contributed by atoms with E-state index in [0.29, 0.717) is 24.6 Å². The second-order valence-electron chi connectivity index (χ2n) is 7.84. The zero-order chi connectivity index (χ0) is 24.0. The van der Waals surface area contributed by atoms with Gasteiger partial charge in [-0.25, -0.2) is 14.8 Å². The maximum absolute atomic E-state index is 5.65. The van der Waals surface area contributed by atoms with E-state index in [1.807, 2.05) is 35.9 Å². The Morgan fingerprint density at radius 3 is 2.41 bits per heavy atom. The standard InChI is InChI=1S/C25H29N7O2/c1-5-7-12-22-26-24(25(6-2,33-3)34-4)29-32(22)17-18-13-15-19(16-14-18)20-10-8-9-11-21(20)23-27-30-31-28-23/h5,8-11,13-16H,1,6-7,12,17H2,2-4H3,(H,27,28,30,31). The number of allylic oxidation sites excluding steroid dienone is 1. The van der Waals surface area contributed by atoms with Crippen LogP contribution >= 0.6 is 0 Å². The first-order valence-corrected chi connectivity index (χ1v) is 11.2. The molecule has 0 atom stereocenters. The molecule has 0 aliphatic carbocycles. The van der Waals surface area contributed by atoms with Gasteiger partial charge in [-0.15, -0.1) is 16.8 Å². The summed E-state index contributed by atoms with van der Waals surface area (Å²) in [7, 11) is 3.23. The Bertz CT molecular complexity index is 1200. The molecular formula is C25H29N7O2. The third-order valence-corrected chi connectivity index (χ3v) is 5.91. The van der Waals surface area contributed by atoms with E-state index in [1.165, 1.54) is 0 Å². The minimum absolute atomic E-state index is 0.533. The summed E-state index contributed by atoms with van der Waals surface area (Å²) in [5.41, 5.74) is 4.18. The molecule has 1 N–H and O–H groups in total. The Morgan fingerprint density at radius 2 is 1.79 bits per heavy atom. The molecule has 4 rings (SSSR count). The number of nitrogens with one attached hydrogen (secondary N) is 1. The van der Waals surface area contributed by atoms with Gasteiger partial charge in [0, 0.05) is 32.6 Å². The summed E-state index contributed by atoms with van der Waals surface area (Å²) in [6.07, 6.45) is 4.03. The van der Waals surface area contributed by atoms with Crippen molar-refractivity contribution < 1.29 is 9.47 Å². The molecule has 34 heavy (non-hydrogen) atoms. The highest BCUT2D eigenvalue weighted by atomic mass is 16.7. The van der Waals surface area contributed by atoms with Gasteiger partial charge in [0.05, 0.1) is 6.54 Å². The van der Waals surface area contributed by atoms with Crippen molar-refractivity contribution in [3.63, 3.8) is 0 Å². The van der Waals surface area contributed by atoms with Crippen LogP contribution in [0.25, 0.3) is 22.5 Å². The van der Waals surface area contributed by atoms with Gasteiger partial charge in [-0.2, -0.15) is 0 Å². The highest BCUT2D eigenvalue weighted by Gasteiger charge is 2.35. The molecule has 9 heteroatoms. The Kier molecular flexibility index (Phi) is 7.24. The summed E-state index contributed by atoms with van der Waals surface area (Å²) < 4.78 is 13.2. The number of benzene rings is 2. The molecule has 0 fully saturated rings. The van der Waals surface area contributed by atoms with E-state index in [4.69, 9.17) is 19.6 Å². The normalized spacial score (nSPS) is 11.6. The van der Waals surface area contributed by atoms with Gasteiger partial charge in [0.25, 0.3) is 0 Å². The van der Waals surface area contributed by atoms with Crippen molar-refractivity contribution in [1.82, 2.24) is 35.4 Å². The lowest BCUT2D eigenvalue weighted by Gasteiger charge is -2.26. The number of hydrogen-bond acceptors (Lipinski definition) is 7. The lowest BCUT2D eigenvalue weighted by Crippen LogP contribution is -2.31. The van der Waals surface area contributed by atoms with Crippen molar-refractivity contribution in [2.45, 2.75) is 38.5 Å². The first-order chi connectivity index (χ1) is 16.6. The molecular weight excluding hydrogens is 430 g/mol. The third-order valence-electron chi connectivity index (χ3n) is 5.91. The molecule has 0 aliphatic rings. The number of H-pyrrole nitrogens is 1. The first-order valence-electron chi connectivity index (χ1n) is 11.2. The van der Waals surface area contributed by atoms with Crippen molar-refractivity contribution in [2.24, 2.45) is 0 Å². The van der Waals surface area contributed by atoms with Crippen LogP contribution in [0.3, 0.4) is 0 Å². The fourth-order valence-electron chi connectivity index (χ4n) is 3.97. The third kappa shape index (κ3) is 4.66. The fourth-order valence-corrected chi connectivity index (χ4v) is 3.97. The van der Waals surface area contributed by atoms with Crippen LogP contribution in [0.2, 0.25) is 0 Å². The Morgan fingerprint density at radius 1 is 1.06 bits per heavy atom. The average molecular weight is 460 g/mol. The molecule has 0 unspecified atom stereocenters. The SMILES string of the molecule is C=CCCc1nc(C(CC)(OC)OC)nn1Cc1ccc(-c2ccccc2-c2nnn[nH]2)cc1. The van der Waals surface area contributed by atoms with E-state index in [0.717, 1.165) is 40.9 Å². The maximum atomic E-state index is 5.65. The zero-order valence-corrected chi connectivity index (χ0v) is 19.7. The van der Waals surface area contributed by atoms with Crippen molar-refractivity contribution in [2.75, 3.05) is 14.2 Å². The summed E-state index contributed by atoms with van der Waals surface area (Å²) in [5, 5.41) is 19.1. The smallest absolute Gasteiger partial charge is 0.231 e. The highest BCUT2D eigenvalue weighted by Crippen LogP contribution is 2.30. The van der Waals surface area contributed by atoms with E-state index < -0.39 is 5.79 Å². The van der Waals surface area contributed by atoms with E-state index in [1.54, 1.807) is 14.2 Å². The Balaban J connectivity index is 1.62. The van der Waals surface area contributed by atoms with Crippen LogP contribution < -0.4 is 0 Å². The second kappa shape index (κ2) is 10.5. The Labute approximate surface area is 198 Å². The molecule has 0 saturated carbocycles. The molecule has 0 radical (unpaired) electrons. The molecule has 2 aromatic carbocycles. The molecule has 176 valence electrons. The molecule has 0 amide bonds. The van der Waals surface area contributed by atoms with Gasteiger partial charge >= 0.3 is 0 Å². The molecule has 0 spiro atoms. The van der Waals surface area contributed by atoms with Crippen LogP contribution in [0, 0.1) is 0 Å². The van der Waals surface area contributed by atoms with E-state index in [-0.39, 0.29) is 0 Å². The largest absolute Gasteiger partial charge is 0.347 e. The van der Waals surface area contributed by atoms with Gasteiger partial charge in [0.15, 0.2) is 5.82 Å². The number of tetrazole rings is 1. The van der Waals surface area contributed by atoms with Crippen molar-refractivity contribution >= 4 is 0 Å². The summed E-state index contributed by atoms with van der Waals surface area (Å²) in [6.45, 7) is 6.41. The topological polar surface area (TPSA) is 104 Å². The van der Waals surface area contributed by atoms with Crippen molar-refractivity contribution in [1.29, 1.82) is 0 Å². The predicted octanol–water partition coefficient (Wildman–Crippen LogP) is 4.15. The summed E-state index contributed by atoms with van der Waals surface area (Å²) in [4.78, 5) is 4.77. The fraction of sp³-hybridized carbons (Fsp3) is 0.320. The lowest BCUT2D eigenvalue weighted by molar-refractivity contribution is -0.222. The number of aromatic nitrogens is 7. The van der Waals surface area contributed by atoms with Gasteiger partial charge < -0.3 is 9.47 Å². The van der Waals surface area contributed by atoms with Crippen LogP contribution in [0.5, 0.6) is 0 Å². The van der Waals surface area contributed by atoms with Gasteiger partial charge in [-0.3, -0.25) is 0 Å². The van der Waals surface area contributed by atoms with Crippen molar-refractivity contribution in [3.8, 4) is 22.5 Å². The molecule has 0 bridgehead atoms. The molecule has 2 aromatic heterocycles. The number of methoxy groups -OCH3 is 2. The van der Waals surface area contributed by atoms with Gasteiger partial charge in [-0.1, -0.05) is 61.5 Å². The number of ether oxygens (including phenoxy) is 2. The monoisotopic (exact) mass is 459 g/mol. The molecule has 2 heterocycles.